The summed E-state index contributed by atoms with van der Waals surface area (Å²) in [6.07, 6.45) is 3.17. The van der Waals surface area contributed by atoms with E-state index in [4.69, 9.17) is 0 Å². The Morgan fingerprint density at radius 2 is 2.11 bits per heavy atom. The second-order valence-corrected chi connectivity index (χ2v) is 5.91. The van der Waals surface area contributed by atoms with E-state index in [1.165, 1.54) is 0 Å². The second-order valence-electron chi connectivity index (χ2n) is 5.91. The third-order valence-corrected chi connectivity index (χ3v) is 4.16. The molecule has 1 atom stereocenters. The zero-order valence-electron chi connectivity index (χ0n) is 12.2. The number of carboxylic acids is 1. The van der Waals surface area contributed by atoms with Gasteiger partial charge in [0.15, 0.2) is 0 Å². The Kier molecular flexibility index (Phi) is 5.79. The zero-order chi connectivity index (χ0) is 14.5. The molecule has 1 heterocycles. The molecule has 1 unspecified atom stereocenters. The molecule has 1 aliphatic heterocycles. The maximum absolute atomic E-state index is 12.1. The predicted molar refractivity (Wildman–Crippen MR) is 73.9 cm³/mol. The third-order valence-electron chi connectivity index (χ3n) is 4.16. The van der Waals surface area contributed by atoms with Crippen molar-refractivity contribution in [2.75, 3.05) is 26.7 Å². The Labute approximate surface area is 115 Å². The van der Waals surface area contributed by atoms with E-state index in [2.05, 4.69) is 5.32 Å². The Morgan fingerprint density at radius 1 is 1.42 bits per heavy atom. The van der Waals surface area contributed by atoms with Crippen LogP contribution in [0.15, 0.2) is 0 Å². The van der Waals surface area contributed by atoms with Crippen LogP contribution in [-0.2, 0) is 9.59 Å². The number of nitrogens with one attached hydrogen (secondary N) is 1. The van der Waals surface area contributed by atoms with E-state index >= 15 is 0 Å². The minimum atomic E-state index is -0.776. The normalized spacial score (nSPS) is 20.4. The highest BCUT2D eigenvalue weighted by atomic mass is 16.4. The third kappa shape index (κ3) is 4.20. The molecule has 1 aliphatic rings. The molecule has 0 radical (unpaired) electrons. The van der Waals surface area contributed by atoms with Gasteiger partial charge < -0.3 is 15.3 Å². The minimum Gasteiger partial charge on any atom is -0.481 e. The van der Waals surface area contributed by atoms with E-state index < -0.39 is 11.4 Å². The molecule has 0 aromatic heterocycles. The molecule has 0 aromatic rings. The average molecular weight is 270 g/mol. The zero-order valence-corrected chi connectivity index (χ0v) is 12.2. The fraction of sp³-hybridized carbons (Fsp3) is 0.857. The standard InChI is InChI=1S/C14H26N2O3/c1-14(2,13(18)19)11-6-5-9-16(10-11)12(17)7-4-8-15-3/h11,15H,4-10H2,1-3H3,(H,18,19). The number of hydrogen-bond donors (Lipinski definition) is 2. The summed E-state index contributed by atoms with van der Waals surface area (Å²) >= 11 is 0. The van der Waals surface area contributed by atoms with Crippen LogP contribution in [0.25, 0.3) is 0 Å². The van der Waals surface area contributed by atoms with E-state index in [1.807, 2.05) is 11.9 Å². The molecule has 0 spiro atoms. The van der Waals surface area contributed by atoms with Crippen molar-refractivity contribution >= 4 is 11.9 Å². The quantitative estimate of drug-likeness (QED) is 0.715. The van der Waals surface area contributed by atoms with Crippen molar-refractivity contribution in [1.82, 2.24) is 10.2 Å². The van der Waals surface area contributed by atoms with E-state index in [0.717, 1.165) is 32.4 Å². The van der Waals surface area contributed by atoms with Gasteiger partial charge in [0.2, 0.25) is 5.91 Å². The summed E-state index contributed by atoms with van der Waals surface area (Å²) in [5.74, 6) is -0.574. The molecule has 19 heavy (non-hydrogen) atoms. The molecule has 1 amide bonds. The molecule has 110 valence electrons. The van der Waals surface area contributed by atoms with Crippen molar-refractivity contribution in [1.29, 1.82) is 0 Å². The highest BCUT2D eigenvalue weighted by molar-refractivity contribution is 5.77. The lowest BCUT2D eigenvalue weighted by molar-refractivity contribution is -0.153. The predicted octanol–water partition coefficient (Wildman–Crippen LogP) is 1.34. The maximum Gasteiger partial charge on any atom is 0.309 e. The smallest absolute Gasteiger partial charge is 0.309 e. The van der Waals surface area contributed by atoms with Crippen molar-refractivity contribution in [3.8, 4) is 0 Å². The van der Waals surface area contributed by atoms with Gasteiger partial charge in [0.05, 0.1) is 5.41 Å². The van der Waals surface area contributed by atoms with E-state index in [9.17, 15) is 14.7 Å². The molecule has 0 saturated carbocycles. The van der Waals surface area contributed by atoms with Gasteiger partial charge in [0, 0.05) is 19.5 Å². The molecular formula is C14H26N2O3. The molecule has 0 aromatic carbocycles. The van der Waals surface area contributed by atoms with E-state index in [0.29, 0.717) is 13.0 Å². The van der Waals surface area contributed by atoms with Gasteiger partial charge in [-0.25, -0.2) is 0 Å². The summed E-state index contributed by atoms with van der Waals surface area (Å²) in [5.41, 5.74) is -0.760. The van der Waals surface area contributed by atoms with Gasteiger partial charge in [0.1, 0.15) is 0 Å². The molecule has 2 N–H and O–H groups in total. The van der Waals surface area contributed by atoms with Crippen LogP contribution in [0.4, 0.5) is 0 Å². The van der Waals surface area contributed by atoms with E-state index in [-0.39, 0.29) is 11.8 Å². The summed E-state index contributed by atoms with van der Waals surface area (Å²) in [4.78, 5) is 25.2. The number of likely N-dealkylation sites (tertiary alicyclic amines) is 1. The van der Waals surface area contributed by atoms with Crippen LogP contribution in [0.5, 0.6) is 0 Å². The first-order valence-electron chi connectivity index (χ1n) is 7.05. The average Bonchev–Trinajstić information content (AvgIpc) is 2.39. The summed E-state index contributed by atoms with van der Waals surface area (Å²) in [6, 6.07) is 0. The molecule has 1 saturated heterocycles. The summed E-state index contributed by atoms with van der Waals surface area (Å²) in [6.45, 7) is 5.70. The van der Waals surface area contributed by atoms with Crippen LogP contribution >= 0.6 is 0 Å². The number of carbonyl (C=O) groups is 2. The molecule has 5 heteroatoms. The monoisotopic (exact) mass is 270 g/mol. The molecular weight excluding hydrogens is 244 g/mol. The van der Waals surface area contributed by atoms with Crippen molar-refractivity contribution in [2.45, 2.75) is 39.5 Å². The highest BCUT2D eigenvalue weighted by Gasteiger charge is 2.39. The SMILES string of the molecule is CNCCCC(=O)N1CCCC(C(C)(C)C(=O)O)C1. The fourth-order valence-corrected chi connectivity index (χ4v) is 2.54. The number of carboxylic acid groups (broad SMARTS) is 1. The fourth-order valence-electron chi connectivity index (χ4n) is 2.54. The van der Waals surface area contributed by atoms with Crippen LogP contribution in [0.1, 0.15) is 39.5 Å². The maximum atomic E-state index is 12.1. The number of piperidine rings is 1. The summed E-state index contributed by atoms with van der Waals surface area (Å²) in [5, 5.41) is 12.3. The van der Waals surface area contributed by atoms with Crippen molar-refractivity contribution < 1.29 is 14.7 Å². The van der Waals surface area contributed by atoms with Gasteiger partial charge in [-0.3, -0.25) is 9.59 Å². The number of carbonyl (C=O) groups excluding carboxylic acids is 1. The molecule has 0 bridgehead atoms. The number of nitrogens with zero attached hydrogens (tertiary/aromatic N) is 1. The van der Waals surface area contributed by atoms with Gasteiger partial charge in [-0.2, -0.15) is 0 Å². The van der Waals surface area contributed by atoms with Crippen LogP contribution in [-0.4, -0.2) is 48.6 Å². The molecule has 0 aliphatic carbocycles. The van der Waals surface area contributed by atoms with Gasteiger partial charge in [-0.15, -0.1) is 0 Å². The first-order chi connectivity index (χ1) is 8.89. The Hall–Kier alpha value is -1.10. The van der Waals surface area contributed by atoms with E-state index in [1.54, 1.807) is 13.8 Å². The van der Waals surface area contributed by atoms with Crippen molar-refractivity contribution in [3.05, 3.63) is 0 Å². The number of aliphatic carboxylic acids is 1. The lowest BCUT2D eigenvalue weighted by Gasteiger charge is -2.39. The summed E-state index contributed by atoms with van der Waals surface area (Å²) in [7, 11) is 1.87. The lowest BCUT2D eigenvalue weighted by atomic mass is 9.74. The minimum absolute atomic E-state index is 0.0481. The second kappa shape index (κ2) is 6.89. The van der Waals surface area contributed by atoms with Crippen LogP contribution < -0.4 is 5.32 Å². The molecule has 5 nitrogen and oxygen atoms in total. The number of amides is 1. The topological polar surface area (TPSA) is 69.6 Å². The first kappa shape index (κ1) is 16.0. The Balaban J connectivity index is 2.54. The first-order valence-corrected chi connectivity index (χ1v) is 7.05. The largest absolute Gasteiger partial charge is 0.481 e. The number of hydrogen-bond acceptors (Lipinski definition) is 3. The molecule has 1 rings (SSSR count). The van der Waals surface area contributed by atoms with Gasteiger partial charge in [-0.1, -0.05) is 0 Å². The van der Waals surface area contributed by atoms with Crippen LogP contribution in [0.3, 0.4) is 0 Å². The Morgan fingerprint density at radius 3 is 2.68 bits per heavy atom. The molecule has 1 fully saturated rings. The van der Waals surface area contributed by atoms with Crippen LogP contribution in [0.2, 0.25) is 0 Å². The number of rotatable bonds is 6. The van der Waals surface area contributed by atoms with Crippen molar-refractivity contribution in [3.63, 3.8) is 0 Å². The van der Waals surface area contributed by atoms with Gasteiger partial charge in [-0.05, 0) is 52.6 Å². The lowest BCUT2D eigenvalue weighted by Crippen LogP contribution is -2.46. The van der Waals surface area contributed by atoms with Crippen LogP contribution in [0, 0.1) is 11.3 Å². The summed E-state index contributed by atoms with van der Waals surface area (Å²) < 4.78 is 0. The van der Waals surface area contributed by atoms with Crippen molar-refractivity contribution in [2.24, 2.45) is 11.3 Å². The Bertz CT molecular complexity index is 329. The highest BCUT2D eigenvalue weighted by Crippen LogP contribution is 2.34. The van der Waals surface area contributed by atoms with Gasteiger partial charge >= 0.3 is 5.97 Å². The van der Waals surface area contributed by atoms with Gasteiger partial charge in [0.25, 0.3) is 0 Å².